The number of hydrogen-bond acceptors (Lipinski definition) is 3. The molecule has 21 heavy (non-hydrogen) atoms. The van der Waals surface area contributed by atoms with Crippen LogP contribution in [0.1, 0.15) is 37.9 Å². The van der Waals surface area contributed by atoms with Crippen LogP contribution in [0.5, 0.6) is 0 Å². The second-order valence-corrected chi connectivity index (χ2v) is 6.97. The molecule has 2 aromatic rings. The minimum Gasteiger partial charge on any atom is -0.390 e. The van der Waals surface area contributed by atoms with Crippen LogP contribution < -0.4 is 0 Å². The first-order chi connectivity index (χ1) is 9.79. The van der Waals surface area contributed by atoms with E-state index >= 15 is 0 Å². The SMILES string of the molecule is Cc1cc(Cl)ccc1CC(C(O)C(C)(C)C)n1cncn1. The van der Waals surface area contributed by atoms with E-state index in [1.165, 1.54) is 6.33 Å². The summed E-state index contributed by atoms with van der Waals surface area (Å²) < 4.78 is 1.74. The molecule has 0 aliphatic carbocycles. The van der Waals surface area contributed by atoms with Crippen LogP contribution in [-0.2, 0) is 6.42 Å². The summed E-state index contributed by atoms with van der Waals surface area (Å²) in [5.74, 6) is 0. The third kappa shape index (κ3) is 3.83. The molecule has 0 radical (unpaired) electrons. The van der Waals surface area contributed by atoms with Crippen LogP contribution in [0, 0.1) is 12.3 Å². The van der Waals surface area contributed by atoms with Crippen molar-refractivity contribution in [1.82, 2.24) is 14.8 Å². The third-order valence-electron chi connectivity index (χ3n) is 3.76. The molecule has 0 aliphatic rings. The second-order valence-electron chi connectivity index (χ2n) is 6.53. The van der Waals surface area contributed by atoms with Crippen molar-refractivity contribution in [2.75, 3.05) is 0 Å². The summed E-state index contributed by atoms with van der Waals surface area (Å²) in [7, 11) is 0. The summed E-state index contributed by atoms with van der Waals surface area (Å²) in [6, 6.07) is 5.67. The number of aliphatic hydroxyl groups excluding tert-OH is 1. The lowest BCUT2D eigenvalue weighted by molar-refractivity contribution is 0.0124. The van der Waals surface area contributed by atoms with Gasteiger partial charge in [0.25, 0.3) is 0 Å². The van der Waals surface area contributed by atoms with Gasteiger partial charge in [-0.25, -0.2) is 9.67 Å². The molecule has 2 unspecified atom stereocenters. The number of halogens is 1. The molecule has 0 saturated heterocycles. The van der Waals surface area contributed by atoms with E-state index in [1.807, 2.05) is 45.9 Å². The lowest BCUT2D eigenvalue weighted by Gasteiger charge is -2.33. The molecule has 114 valence electrons. The smallest absolute Gasteiger partial charge is 0.137 e. The number of rotatable bonds is 4. The van der Waals surface area contributed by atoms with Gasteiger partial charge in [-0.2, -0.15) is 5.10 Å². The number of nitrogens with zero attached hydrogens (tertiary/aromatic N) is 3. The lowest BCUT2D eigenvalue weighted by atomic mass is 9.82. The zero-order valence-corrected chi connectivity index (χ0v) is 13.7. The highest BCUT2D eigenvalue weighted by Crippen LogP contribution is 2.31. The fourth-order valence-corrected chi connectivity index (χ4v) is 2.66. The first-order valence-corrected chi connectivity index (χ1v) is 7.44. The van der Waals surface area contributed by atoms with Gasteiger partial charge >= 0.3 is 0 Å². The Balaban J connectivity index is 2.33. The molecular weight excluding hydrogens is 286 g/mol. The number of aliphatic hydroxyl groups is 1. The molecule has 0 spiro atoms. The molecule has 2 rings (SSSR count). The van der Waals surface area contributed by atoms with Gasteiger partial charge in [0, 0.05) is 5.02 Å². The molecule has 5 heteroatoms. The molecule has 0 amide bonds. The van der Waals surface area contributed by atoms with Crippen molar-refractivity contribution in [3.8, 4) is 0 Å². The summed E-state index contributed by atoms with van der Waals surface area (Å²) >= 11 is 6.01. The van der Waals surface area contributed by atoms with Gasteiger partial charge in [0.05, 0.1) is 12.1 Å². The first kappa shape index (κ1) is 16.0. The van der Waals surface area contributed by atoms with Gasteiger partial charge in [-0.1, -0.05) is 38.4 Å². The van der Waals surface area contributed by atoms with Crippen LogP contribution in [0.3, 0.4) is 0 Å². The van der Waals surface area contributed by atoms with Crippen molar-refractivity contribution in [3.63, 3.8) is 0 Å². The zero-order valence-electron chi connectivity index (χ0n) is 12.9. The highest BCUT2D eigenvalue weighted by atomic mass is 35.5. The lowest BCUT2D eigenvalue weighted by Crippen LogP contribution is -2.37. The minimum absolute atomic E-state index is 0.160. The molecule has 1 N–H and O–H groups in total. The Kier molecular flexibility index (Phi) is 4.69. The molecule has 1 aromatic carbocycles. The second kappa shape index (κ2) is 6.16. The third-order valence-corrected chi connectivity index (χ3v) is 4.00. The predicted molar refractivity (Wildman–Crippen MR) is 84.4 cm³/mol. The Hall–Kier alpha value is -1.39. The normalized spacial score (nSPS) is 15.0. The molecule has 0 aliphatic heterocycles. The van der Waals surface area contributed by atoms with E-state index in [9.17, 15) is 5.11 Å². The number of aryl methyl sites for hydroxylation is 1. The van der Waals surface area contributed by atoms with Crippen LogP contribution in [0.15, 0.2) is 30.9 Å². The zero-order chi connectivity index (χ0) is 15.6. The summed E-state index contributed by atoms with van der Waals surface area (Å²) in [6.45, 7) is 8.10. The Morgan fingerprint density at radius 1 is 1.33 bits per heavy atom. The van der Waals surface area contributed by atoms with E-state index in [0.717, 1.165) is 16.1 Å². The standard InChI is InChI=1S/C16H22ClN3O/c1-11-7-13(17)6-5-12(11)8-14(15(21)16(2,3)4)20-10-18-9-19-20/h5-7,9-10,14-15,21H,8H2,1-4H3. The van der Waals surface area contributed by atoms with E-state index in [4.69, 9.17) is 11.6 Å². The average Bonchev–Trinajstić information content (AvgIpc) is 2.90. The first-order valence-electron chi connectivity index (χ1n) is 7.06. The van der Waals surface area contributed by atoms with Crippen molar-refractivity contribution < 1.29 is 5.11 Å². The topological polar surface area (TPSA) is 50.9 Å². The van der Waals surface area contributed by atoms with Crippen molar-refractivity contribution in [1.29, 1.82) is 0 Å². The van der Waals surface area contributed by atoms with Gasteiger partial charge in [-0.05, 0) is 42.0 Å². The maximum absolute atomic E-state index is 10.7. The van der Waals surface area contributed by atoms with Crippen LogP contribution in [0.25, 0.3) is 0 Å². The minimum atomic E-state index is -0.533. The van der Waals surface area contributed by atoms with E-state index in [0.29, 0.717) is 6.42 Å². The van der Waals surface area contributed by atoms with Crippen LogP contribution >= 0.6 is 11.6 Å². The van der Waals surface area contributed by atoms with Crippen molar-refractivity contribution >= 4 is 11.6 Å². The van der Waals surface area contributed by atoms with Gasteiger partial charge in [0.1, 0.15) is 12.7 Å². The van der Waals surface area contributed by atoms with E-state index in [2.05, 4.69) is 10.1 Å². The Labute approximate surface area is 130 Å². The average molecular weight is 308 g/mol. The van der Waals surface area contributed by atoms with E-state index < -0.39 is 6.10 Å². The monoisotopic (exact) mass is 307 g/mol. The molecule has 0 bridgehead atoms. The fraction of sp³-hybridized carbons (Fsp3) is 0.500. The van der Waals surface area contributed by atoms with Gasteiger partial charge in [0.15, 0.2) is 0 Å². The summed E-state index contributed by atoms with van der Waals surface area (Å²) in [6.07, 6.45) is 3.31. The van der Waals surface area contributed by atoms with Crippen molar-refractivity contribution in [3.05, 3.63) is 47.0 Å². The Morgan fingerprint density at radius 2 is 2.05 bits per heavy atom. The predicted octanol–water partition coefficient (Wildman–Crippen LogP) is 3.43. The number of hydrogen-bond donors (Lipinski definition) is 1. The Morgan fingerprint density at radius 3 is 2.57 bits per heavy atom. The highest BCUT2D eigenvalue weighted by molar-refractivity contribution is 6.30. The van der Waals surface area contributed by atoms with Crippen LogP contribution in [0.4, 0.5) is 0 Å². The van der Waals surface area contributed by atoms with E-state index in [1.54, 1.807) is 11.0 Å². The van der Waals surface area contributed by atoms with Gasteiger partial charge < -0.3 is 5.11 Å². The van der Waals surface area contributed by atoms with E-state index in [-0.39, 0.29) is 11.5 Å². The van der Waals surface area contributed by atoms with Crippen molar-refractivity contribution in [2.24, 2.45) is 5.41 Å². The number of benzene rings is 1. The Bertz CT molecular complexity index is 590. The van der Waals surface area contributed by atoms with Gasteiger partial charge in [-0.15, -0.1) is 0 Å². The summed E-state index contributed by atoms with van der Waals surface area (Å²) in [5.41, 5.74) is 2.04. The molecule has 1 aromatic heterocycles. The quantitative estimate of drug-likeness (QED) is 0.941. The maximum atomic E-state index is 10.7. The highest BCUT2D eigenvalue weighted by Gasteiger charge is 2.32. The maximum Gasteiger partial charge on any atom is 0.137 e. The van der Waals surface area contributed by atoms with Gasteiger partial charge in [0.2, 0.25) is 0 Å². The fourth-order valence-electron chi connectivity index (χ4n) is 2.43. The molecular formula is C16H22ClN3O. The largest absolute Gasteiger partial charge is 0.390 e. The molecule has 1 heterocycles. The van der Waals surface area contributed by atoms with Crippen LogP contribution in [0.2, 0.25) is 5.02 Å². The van der Waals surface area contributed by atoms with Gasteiger partial charge in [-0.3, -0.25) is 0 Å². The summed E-state index contributed by atoms with van der Waals surface area (Å²) in [5, 5.41) is 15.7. The molecule has 0 fully saturated rings. The molecule has 4 nitrogen and oxygen atoms in total. The van der Waals surface area contributed by atoms with Crippen molar-refractivity contribution in [2.45, 2.75) is 46.3 Å². The number of aromatic nitrogens is 3. The summed E-state index contributed by atoms with van der Waals surface area (Å²) in [4.78, 5) is 4.01. The molecule has 0 saturated carbocycles. The molecule has 2 atom stereocenters. The van der Waals surface area contributed by atoms with Crippen LogP contribution in [-0.4, -0.2) is 26.0 Å².